The highest BCUT2D eigenvalue weighted by Crippen LogP contribution is 2.32. The minimum absolute atomic E-state index is 0.0734. The number of halogens is 3. The summed E-state index contributed by atoms with van der Waals surface area (Å²) in [6, 6.07) is 1.94. The highest BCUT2D eigenvalue weighted by Gasteiger charge is 2.35. The van der Waals surface area contributed by atoms with Crippen LogP contribution in [0.25, 0.3) is 0 Å². The standard InChI is InChI=1S/C9H12F3NO2/c10-9(11,12)8-4-3-7(15-8)6(14)2-1-5-13/h3-4,6,14H,1-2,5,13H2. The summed E-state index contributed by atoms with van der Waals surface area (Å²) in [5, 5.41) is 9.41. The Morgan fingerprint density at radius 2 is 2.07 bits per heavy atom. The molecule has 0 aliphatic carbocycles. The van der Waals surface area contributed by atoms with Crippen LogP contribution in [0.1, 0.15) is 30.5 Å². The maximum Gasteiger partial charge on any atom is 0.449 e. The number of aliphatic hydroxyl groups is 1. The van der Waals surface area contributed by atoms with Crippen molar-refractivity contribution in [2.45, 2.75) is 25.1 Å². The van der Waals surface area contributed by atoms with Crippen molar-refractivity contribution < 1.29 is 22.7 Å². The van der Waals surface area contributed by atoms with Gasteiger partial charge in [-0.3, -0.25) is 0 Å². The van der Waals surface area contributed by atoms with Crippen LogP contribution >= 0.6 is 0 Å². The Bertz CT molecular complexity index is 309. The van der Waals surface area contributed by atoms with E-state index in [2.05, 4.69) is 4.42 Å². The van der Waals surface area contributed by atoms with E-state index in [9.17, 15) is 18.3 Å². The van der Waals surface area contributed by atoms with Crippen LogP contribution in [0.3, 0.4) is 0 Å². The van der Waals surface area contributed by atoms with Gasteiger partial charge in [0.2, 0.25) is 5.76 Å². The second kappa shape index (κ2) is 4.67. The van der Waals surface area contributed by atoms with Crippen LogP contribution in [0, 0.1) is 0 Å². The first-order valence-electron chi connectivity index (χ1n) is 4.50. The monoisotopic (exact) mass is 223 g/mol. The molecule has 86 valence electrons. The van der Waals surface area contributed by atoms with E-state index in [1.807, 2.05) is 0 Å². The van der Waals surface area contributed by atoms with Crippen molar-refractivity contribution in [1.29, 1.82) is 0 Å². The number of rotatable bonds is 4. The third-order valence-corrected chi connectivity index (χ3v) is 1.92. The lowest BCUT2D eigenvalue weighted by Gasteiger charge is -2.06. The fourth-order valence-electron chi connectivity index (χ4n) is 1.14. The van der Waals surface area contributed by atoms with Gasteiger partial charge in [0.05, 0.1) is 0 Å². The lowest BCUT2D eigenvalue weighted by molar-refractivity contribution is -0.154. The maximum atomic E-state index is 12.1. The number of hydrogen-bond donors (Lipinski definition) is 2. The first-order valence-corrected chi connectivity index (χ1v) is 4.50. The van der Waals surface area contributed by atoms with Gasteiger partial charge in [-0.25, -0.2) is 0 Å². The lowest BCUT2D eigenvalue weighted by atomic mass is 10.1. The Balaban J connectivity index is 2.67. The Labute approximate surface area is 84.7 Å². The normalized spacial score (nSPS) is 14.2. The molecular weight excluding hydrogens is 211 g/mol. The van der Waals surface area contributed by atoms with E-state index in [-0.39, 0.29) is 5.76 Å². The van der Waals surface area contributed by atoms with E-state index in [0.717, 1.165) is 12.1 Å². The molecule has 1 heterocycles. The van der Waals surface area contributed by atoms with Gasteiger partial charge in [0.1, 0.15) is 11.9 Å². The van der Waals surface area contributed by atoms with Gasteiger partial charge >= 0.3 is 6.18 Å². The molecule has 1 rings (SSSR count). The zero-order valence-corrected chi connectivity index (χ0v) is 7.92. The first kappa shape index (κ1) is 12.1. The van der Waals surface area contributed by atoms with Gasteiger partial charge < -0.3 is 15.3 Å². The summed E-state index contributed by atoms with van der Waals surface area (Å²) in [4.78, 5) is 0. The molecule has 1 aromatic rings. The van der Waals surface area contributed by atoms with Crippen LogP contribution in [0.2, 0.25) is 0 Å². The molecule has 3 nitrogen and oxygen atoms in total. The predicted octanol–water partition coefficient (Wildman–Crippen LogP) is 2.07. The molecular formula is C9H12F3NO2. The first-order chi connectivity index (χ1) is 6.95. The molecule has 0 saturated heterocycles. The number of furan rings is 1. The Morgan fingerprint density at radius 1 is 1.40 bits per heavy atom. The number of alkyl halides is 3. The molecule has 1 atom stereocenters. The van der Waals surface area contributed by atoms with E-state index in [0.29, 0.717) is 19.4 Å². The van der Waals surface area contributed by atoms with Crippen molar-refractivity contribution in [3.05, 3.63) is 23.7 Å². The molecule has 0 amide bonds. The van der Waals surface area contributed by atoms with Crippen molar-refractivity contribution in [1.82, 2.24) is 0 Å². The van der Waals surface area contributed by atoms with Gasteiger partial charge in [0.15, 0.2) is 0 Å². The largest absolute Gasteiger partial charge is 0.454 e. The van der Waals surface area contributed by atoms with Crippen LogP contribution in [0.4, 0.5) is 13.2 Å². The summed E-state index contributed by atoms with van der Waals surface area (Å²) in [5.41, 5.74) is 5.21. The van der Waals surface area contributed by atoms with Crippen LogP contribution in [-0.4, -0.2) is 11.7 Å². The highest BCUT2D eigenvalue weighted by molar-refractivity contribution is 5.11. The van der Waals surface area contributed by atoms with E-state index in [1.54, 1.807) is 0 Å². The highest BCUT2D eigenvalue weighted by atomic mass is 19.4. The SMILES string of the molecule is NCCCC(O)c1ccc(C(F)(F)F)o1. The minimum atomic E-state index is -4.51. The number of hydrogen-bond acceptors (Lipinski definition) is 3. The molecule has 0 aliphatic rings. The summed E-state index contributed by atoms with van der Waals surface area (Å²) in [7, 11) is 0. The van der Waals surface area contributed by atoms with E-state index in [1.165, 1.54) is 0 Å². The molecule has 0 aromatic carbocycles. The molecule has 0 aliphatic heterocycles. The summed E-state index contributed by atoms with van der Waals surface area (Å²) in [6.45, 7) is 0.379. The van der Waals surface area contributed by atoms with Crippen molar-refractivity contribution in [2.75, 3.05) is 6.54 Å². The molecule has 6 heteroatoms. The molecule has 0 saturated carbocycles. The van der Waals surface area contributed by atoms with Gasteiger partial charge in [0, 0.05) is 0 Å². The predicted molar refractivity (Wildman–Crippen MR) is 47.0 cm³/mol. The average molecular weight is 223 g/mol. The van der Waals surface area contributed by atoms with Crippen LogP contribution in [0.5, 0.6) is 0 Å². The molecule has 15 heavy (non-hydrogen) atoms. The molecule has 1 unspecified atom stereocenters. The van der Waals surface area contributed by atoms with Gasteiger partial charge in [-0.1, -0.05) is 0 Å². The lowest BCUT2D eigenvalue weighted by Crippen LogP contribution is -2.04. The average Bonchev–Trinajstić information content (AvgIpc) is 2.62. The second-order valence-corrected chi connectivity index (χ2v) is 3.15. The molecule has 0 fully saturated rings. The molecule has 1 aromatic heterocycles. The zero-order chi connectivity index (χ0) is 11.5. The summed E-state index contributed by atoms with van der Waals surface area (Å²) in [6.07, 6.45) is -4.71. The van der Waals surface area contributed by atoms with Gasteiger partial charge in [-0.15, -0.1) is 0 Å². The minimum Gasteiger partial charge on any atom is -0.454 e. The van der Waals surface area contributed by atoms with Crippen molar-refractivity contribution in [2.24, 2.45) is 5.73 Å². The van der Waals surface area contributed by atoms with Crippen molar-refractivity contribution >= 4 is 0 Å². The third-order valence-electron chi connectivity index (χ3n) is 1.92. The van der Waals surface area contributed by atoms with E-state index in [4.69, 9.17) is 5.73 Å². The van der Waals surface area contributed by atoms with Crippen LogP contribution < -0.4 is 5.73 Å². The Morgan fingerprint density at radius 3 is 2.53 bits per heavy atom. The fraction of sp³-hybridized carbons (Fsp3) is 0.556. The summed E-state index contributed by atoms with van der Waals surface area (Å²) >= 11 is 0. The fourth-order valence-corrected chi connectivity index (χ4v) is 1.14. The number of aliphatic hydroxyl groups excluding tert-OH is 1. The van der Waals surface area contributed by atoms with Crippen LogP contribution in [-0.2, 0) is 6.18 Å². The van der Waals surface area contributed by atoms with Crippen molar-refractivity contribution in [3.8, 4) is 0 Å². The summed E-state index contributed by atoms with van der Waals surface area (Å²) < 4.78 is 40.9. The molecule has 0 bridgehead atoms. The quantitative estimate of drug-likeness (QED) is 0.821. The van der Waals surface area contributed by atoms with E-state index >= 15 is 0 Å². The van der Waals surface area contributed by atoms with Crippen molar-refractivity contribution in [3.63, 3.8) is 0 Å². The van der Waals surface area contributed by atoms with Gasteiger partial charge in [0.25, 0.3) is 0 Å². The molecule has 0 spiro atoms. The van der Waals surface area contributed by atoms with Gasteiger partial charge in [-0.2, -0.15) is 13.2 Å². The maximum absolute atomic E-state index is 12.1. The number of nitrogens with two attached hydrogens (primary N) is 1. The second-order valence-electron chi connectivity index (χ2n) is 3.15. The molecule has 0 radical (unpaired) electrons. The van der Waals surface area contributed by atoms with Crippen LogP contribution in [0.15, 0.2) is 16.5 Å². The third kappa shape index (κ3) is 3.24. The topological polar surface area (TPSA) is 59.4 Å². The Hall–Kier alpha value is -1.01. The van der Waals surface area contributed by atoms with E-state index < -0.39 is 18.0 Å². The van der Waals surface area contributed by atoms with Gasteiger partial charge in [-0.05, 0) is 31.5 Å². The summed E-state index contributed by atoms with van der Waals surface area (Å²) in [5.74, 6) is -1.17. The molecule has 3 N–H and O–H groups in total. The smallest absolute Gasteiger partial charge is 0.449 e. The zero-order valence-electron chi connectivity index (χ0n) is 7.92. The Kier molecular flexibility index (Phi) is 3.76.